The van der Waals surface area contributed by atoms with Crippen LogP contribution < -0.4 is 0 Å². The Hall–Kier alpha value is -2.31. The lowest BCUT2D eigenvalue weighted by Gasteiger charge is -2.16. The van der Waals surface area contributed by atoms with Crippen molar-refractivity contribution in [2.75, 3.05) is 6.54 Å². The van der Waals surface area contributed by atoms with E-state index in [9.17, 15) is 13.6 Å². The largest absolute Gasteiger partial charge is 0.340 e. The van der Waals surface area contributed by atoms with Gasteiger partial charge in [0.2, 0.25) is 11.8 Å². The Kier molecular flexibility index (Phi) is 3.40. The van der Waals surface area contributed by atoms with Crippen LogP contribution in [0.3, 0.4) is 0 Å². The van der Waals surface area contributed by atoms with E-state index >= 15 is 0 Å². The summed E-state index contributed by atoms with van der Waals surface area (Å²) >= 11 is 0. The second kappa shape index (κ2) is 5.23. The van der Waals surface area contributed by atoms with Gasteiger partial charge in [-0.05, 0) is 17.7 Å². The van der Waals surface area contributed by atoms with E-state index in [0.717, 1.165) is 6.07 Å². The molecule has 0 N–H and O–H groups in total. The third-order valence-electron chi connectivity index (χ3n) is 3.42. The topological polar surface area (TPSA) is 59.2 Å². The molecule has 1 saturated heterocycles. The molecule has 1 amide bonds. The molecule has 110 valence electrons. The average molecular weight is 293 g/mol. The molecule has 7 heteroatoms. The minimum atomic E-state index is -0.651. The minimum Gasteiger partial charge on any atom is -0.340 e. The van der Waals surface area contributed by atoms with Crippen LogP contribution in [0.25, 0.3) is 0 Å². The highest BCUT2D eigenvalue weighted by atomic mass is 19.1. The third kappa shape index (κ3) is 2.91. The summed E-state index contributed by atoms with van der Waals surface area (Å²) in [5.74, 6) is -0.596. The van der Waals surface area contributed by atoms with Crippen LogP contribution in [0.4, 0.5) is 8.78 Å². The Bertz CT molecular complexity index is 666. The summed E-state index contributed by atoms with van der Waals surface area (Å²) in [6.45, 7) is 2.26. The van der Waals surface area contributed by atoms with Crippen LogP contribution >= 0.6 is 0 Å². The molecule has 3 rings (SSSR count). The van der Waals surface area contributed by atoms with Crippen LogP contribution in [-0.2, 0) is 11.3 Å². The highest BCUT2D eigenvalue weighted by molar-refractivity contribution is 5.79. The molecule has 1 unspecified atom stereocenters. The fourth-order valence-electron chi connectivity index (χ4n) is 2.50. The monoisotopic (exact) mass is 293 g/mol. The fourth-order valence-corrected chi connectivity index (χ4v) is 2.50. The average Bonchev–Trinajstić information content (AvgIpc) is 2.95. The number of hydrogen-bond acceptors (Lipinski definition) is 4. The lowest BCUT2D eigenvalue weighted by molar-refractivity contribution is -0.128. The number of halogens is 2. The van der Waals surface area contributed by atoms with Gasteiger partial charge in [0.1, 0.15) is 11.6 Å². The van der Waals surface area contributed by atoms with Crippen LogP contribution in [0.5, 0.6) is 0 Å². The predicted octanol–water partition coefficient (Wildman–Crippen LogP) is 2.17. The molecule has 1 aliphatic heterocycles. The van der Waals surface area contributed by atoms with E-state index in [-0.39, 0.29) is 24.8 Å². The molecule has 0 saturated carbocycles. The summed E-state index contributed by atoms with van der Waals surface area (Å²) in [5.41, 5.74) is 0.422. The standard InChI is InChI=1S/C14H13F2N3O2/c1-8-17-14(18-21-8)10-4-13(20)19(7-10)6-9-2-11(15)5-12(16)3-9/h2-3,5,10H,4,6-7H2,1H3. The quantitative estimate of drug-likeness (QED) is 0.870. The van der Waals surface area contributed by atoms with Crippen molar-refractivity contribution in [3.8, 4) is 0 Å². The highest BCUT2D eigenvalue weighted by Crippen LogP contribution is 2.27. The molecule has 1 aromatic heterocycles. The first-order valence-electron chi connectivity index (χ1n) is 6.54. The van der Waals surface area contributed by atoms with Gasteiger partial charge >= 0.3 is 0 Å². The number of hydrogen-bond donors (Lipinski definition) is 0. The van der Waals surface area contributed by atoms with E-state index < -0.39 is 11.6 Å². The molecular formula is C14H13F2N3O2. The van der Waals surface area contributed by atoms with Crippen LogP contribution in [0.2, 0.25) is 0 Å². The number of rotatable bonds is 3. The fraction of sp³-hybridized carbons (Fsp3) is 0.357. The van der Waals surface area contributed by atoms with Gasteiger partial charge in [-0.25, -0.2) is 8.78 Å². The summed E-state index contributed by atoms with van der Waals surface area (Å²) in [6, 6.07) is 3.25. The summed E-state index contributed by atoms with van der Waals surface area (Å²) in [6.07, 6.45) is 0.275. The molecule has 0 radical (unpaired) electrons. The molecule has 0 aliphatic carbocycles. The van der Waals surface area contributed by atoms with E-state index in [2.05, 4.69) is 10.1 Å². The molecule has 0 bridgehead atoms. The second-order valence-electron chi connectivity index (χ2n) is 5.12. The van der Waals surface area contributed by atoms with Crippen molar-refractivity contribution in [2.24, 2.45) is 0 Å². The molecular weight excluding hydrogens is 280 g/mol. The van der Waals surface area contributed by atoms with Gasteiger partial charge in [0.05, 0.1) is 0 Å². The zero-order valence-electron chi connectivity index (χ0n) is 11.3. The van der Waals surface area contributed by atoms with Crippen LogP contribution in [-0.4, -0.2) is 27.5 Å². The van der Waals surface area contributed by atoms with Gasteiger partial charge in [-0.1, -0.05) is 5.16 Å². The molecule has 2 heterocycles. The Labute approximate surface area is 119 Å². The van der Waals surface area contributed by atoms with Crippen molar-refractivity contribution in [1.29, 1.82) is 0 Å². The number of carbonyl (C=O) groups is 1. The molecule has 2 aromatic rings. The van der Waals surface area contributed by atoms with Crippen molar-refractivity contribution >= 4 is 5.91 Å². The Morgan fingerprint density at radius 2 is 2.05 bits per heavy atom. The number of carbonyl (C=O) groups excluding carboxylic acids is 1. The summed E-state index contributed by atoms with van der Waals surface area (Å²) in [5, 5.41) is 3.82. The Morgan fingerprint density at radius 3 is 2.67 bits per heavy atom. The van der Waals surface area contributed by atoms with E-state index in [1.165, 1.54) is 12.1 Å². The molecule has 5 nitrogen and oxygen atoms in total. The van der Waals surface area contributed by atoms with Gasteiger partial charge in [0.15, 0.2) is 5.82 Å². The van der Waals surface area contributed by atoms with Crippen molar-refractivity contribution in [3.63, 3.8) is 0 Å². The van der Waals surface area contributed by atoms with Gasteiger partial charge in [0.25, 0.3) is 0 Å². The first-order chi connectivity index (χ1) is 10.0. The maximum absolute atomic E-state index is 13.2. The minimum absolute atomic E-state index is 0.0906. The normalized spacial score (nSPS) is 18.5. The number of nitrogens with zero attached hydrogens (tertiary/aromatic N) is 3. The van der Waals surface area contributed by atoms with Gasteiger partial charge in [-0.3, -0.25) is 4.79 Å². The van der Waals surface area contributed by atoms with Crippen molar-refractivity contribution < 1.29 is 18.1 Å². The number of likely N-dealkylation sites (tertiary alicyclic amines) is 1. The van der Waals surface area contributed by atoms with Gasteiger partial charge in [-0.15, -0.1) is 0 Å². The first-order valence-corrected chi connectivity index (χ1v) is 6.54. The van der Waals surface area contributed by atoms with E-state index in [1.807, 2.05) is 0 Å². The number of aromatic nitrogens is 2. The molecule has 0 spiro atoms. The zero-order chi connectivity index (χ0) is 15.0. The van der Waals surface area contributed by atoms with Crippen LogP contribution in [0.1, 0.15) is 29.6 Å². The molecule has 1 fully saturated rings. The van der Waals surface area contributed by atoms with Crippen molar-refractivity contribution in [2.45, 2.75) is 25.8 Å². The predicted molar refractivity (Wildman–Crippen MR) is 68.2 cm³/mol. The number of amides is 1. The maximum Gasteiger partial charge on any atom is 0.223 e. The Morgan fingerprint density at radius 1 is 1.33 bits per heavy atom. The van der Waals surface area contributed by atoms with Crippen LogP contribution in [0.15, 0.2) is 22.7 Å². The van der Waals surface area contributed by atoms with Crippen LogP contribution in [0, 0.1) is 18.6 Å². The van der Waals surface area contributed by atoms with Crippen molar-refractivity contribution in [3.05, 3.63) is 47.1 Å². The lowest BCUT2D eigenvalue weighted by Crippen LogP contribution is -2.24. The molecule has 21 heavy (non-hydrogen) atoms. The van der Waals surface area contributed by atoms with Gasteiger partial charge in [-0.2, -0.15) is 4.98 Å². The Balaban J connectivity index is 1.73. The summed E-state index contributed by atoms with van der Waals surface area (Å²) < 4.78 is 31.2. The lowest BCUT2D eigenvalue weighted by atomic mass is 10.1. The molecule has 1 atom stereocenters. The van der Waals surface area contributed by atoms with Crippen molar-refractivity contribution in [1.82, 2.24) is 15.0 Å². The number of benzene rings is 1. The maximum atomic E-state index is 13.2. The molecule has 1 aliphatic rings. The SMILES string of the molecule is Cc1nc(C2CC(=O)N(Cc3cc(F)cc(F)c3)C2)no1. The second-order valence-corrected chi connectivity index (χ2v) is 5.12. The summed E-state index contributed by atoms with van der Waals surface area (Å²) in [7, 11) is 0. The molecule has 1 aromatic carbocycles. The van der Waals surface area contributed by atoms with E-state index in [0.29, 0.717) is 23.8 Å². The number of aryl methyl sites for hydroxylation is 1. The van der Waals surface area contributed by atoms with E-state index in [4.69, 9.17) is 4.52 Å². The smallest absolute Gasteiger partial charge is 0.223 e. The summed E-state index contributed by atoms with van der Waals surface area (Å²) in [4.78, 5) is 17.7. The van der Waals surface area contributed by atoms with Gasteiger partial charge in [0, 0.05) is 38.4 Å². The zero-order valence-corrected chi connectivity index (χ0v) is 11.3. The highest BCUT2D eigenvalue weighted by Gasteiger charge is 2.33. The van der Waals surface area contributed by atoms with Gasteiger partial charge < -0.3 is 9.42 Å². The third-order valence-corrected chi connectivity index (χ3v) is 3.42. The van der Waals surface area contributed by atoms with E-state index in [1.54, 1.807) is 11.8 Å². The first kappa shape index (κ1) is 13.7.